The van der Waals surface area contributed by atoms with E-state index in [0.717, 1.165) is 27.2 Å². The van der Waals surface area contributed by atoms with Crippen LogP contribution in [0.25, 0.3) is 0 Å². The molecule has 0 saturated carbocycles. The number of nitrogens with two attached hydrogens (primary N) is 1. The number of nitrogens with one attached hydrogen (secondary N) is 1. The Kier molecular flexibility index (Phi) is 45.2. The molecule has 6 N–H and O–H groups in total. The maximum absolute atomic E-state index is 11.2. The molecular formula is C20H42FeN2O7. The molecule has 10 heteroatoms. The molecule has 0 radical (unpaired) electrons. The fourth-order valence-electron chi connectivity index (χ4n) is 1.90. The van der Waals surface area contributed by atoms with Gasteiger partial charge in [-0.1, -0.05) is 58.3 Å². The van der Waals surface area contributed by atoms with Gasteiger partial charge in [0.1, 0.15) is 0 Å². The molecule has 0 spiro atoms. The average Bonchev–Trinajstić information content (AvgIpc) is 2.57. The smallest absolute Gasteiger partial charge is 0.300 e. The molecule has 0 heterocycles. The molecule has 0 aliphatic rings. The van der Waals surface area contributed by atoms with Crippen LogP contribution in [0.5, 0.6) is 0 Å². The van der Waals surface area contributed by atoms with Crippen molar-refractivity contribution in [3.8, 4) is 0 Å². The Morgan fingerprint density at radius 1 is 0.700 bits per heavy atom. The molecule has 30 heavy (non-hydrogen) atoms. The van der Waals surface area contributed by atoms with Crippen LogP contribution in [0.15, 0.2) is 0 Å². The van der Waals surface area contributed by atoms with Gasteiger partial charge < -0.3 is 26.4 Å². The molecule has 9 nitrogen and oxygen atoms in total. The van der Waals surface area contributed by atoms with Crippen LogP contribution in [0.3, 0.4) is 0 Å². The van der Waals surface area contributed by atoms with Gasteiger partial charge >= 0.3 is 0 Å². The van der Waals surface area contributed by atoms with E-state index in [1.54, 1.807) is 0 Å². The van der Waals surface area contributed by atoms with Crippen molar-refractivity contribution in [2.75, 3.05) is 13.1 Å². The number of amides is 1. The predicted molar refractivity (Wildman–Crippen MR) is 114 cm³/mol. The van der Waals surface area contributed by atoms with Gasteiger partial charge in [0.05, 0.1) is 0 Å². The summed E-state index contributed by atoms with van der Waals surface area (Å²) in [5, 5.41) is 25.0. The molecular weight excluding hydrogens is 436 g/mol. The van der Waals surface area contributed by atoms with Crippen LogP contribution in [0.2, 0.25) is 0 Å². The second kappa shape index (κ2) is 34.8. The Hall–Kier alpha value is -1.64. The van der Waals surface area contributed by atoms with Crippen molar-refractivity contribution >= 4 is 23.8 Å². The Morgan fingerprint density at radius 2 is 1.00 bits per heavy atom. The normalized spacial score (nSPS) is 8.43. The van der Waals surface area contributed by atoms with Gasteiger partial charge in [-0.25, -0.2) is 0 Å². The van der Waals surface area contributed by atoms with Gasteiger partial charge in [-0.05, 0) is 6.42 Å². The minimum Gasteiger partial charge on any atom is -0.481 e. The first-order valence-electron chi connectivity index (χ1n) is 10.1. The van der Waals surface area contributed by atoms with Crippen molar-refractivity contribution in [2.45, 2.75) is 91.9 Å². The van der Waals surface area contributed by atoms with Gasteiger partial charge in [-0.2, -0.15) is 0 Å². The maximum Gasteiger partial charge on any atom is 0.300 e. The molecule has 0 bridgehead atoms. The molecule has 0 aliphatic carbocycles. The number of carbonyl (C=O) groups excluding carboxylic acids is 1. The van der Waals surface area contributed by atoms with Gasteiger partial charge in [-0.3, -0.25) is 19.2 Å². The second-order valence-electron chi connectivity index (χ2n) is 6.27. The van der Waals surface area contributed by atoms with Crippen LogP contribution >= 0.6 is 0 Å². The van der Waals surface area contributed by atoms with Crippen LogP contribution in [0.4, 0.5) is 0 Å². The van der Waals surface area contributed by atoms with Crippen LogP contribution in [0, 0.1) is 0 Å². The predicted octanol–water partition coefficient (Wildman–Crippen LogP) is 3.25. The zero-order chi connectivity index (χ0) is 23.5. The Balaban J connectivity index is -0.000000131. The van der Waals surface area contributed by atoms with E-state index in [1.165, 1.54) is 51.4 Å². The van der Waals surface area contributed by atoms with Crippen molar-refractivity contribution in [1.82, 2.24) is 5.32 Å². The SMILES string of the molecule is CC(=O)O.CC(=O)O.CC(=O)O.CCCCCCCCCCCC(=O)NCCN.[Fe]. The third-order valence-electron chi connectivity index (χ3n) is 2.97. The minimum atomic E-state index is -0.833. The molecule has 0 fully saturated rings. The van der Waals surface area contributed by atoms with Crippen LogP contribution in [-0.2, 0) is 36.2 Å². The van der Waals surface area contributed by atoms with Gasteiger partial charge in [-0.15, -0.1) is 0 Å². The summed E-state index contributed by atoms with van der Waals surface area (Å²) < 4.78 is 0. The Morgan fingerprint density at radius 3 is 1.30 bits per heavy atom. The molecule has 0 aromatic rings. The molecule has 0 aliphatic heterocycles. The van der Waals surface area contributed by atoms with Gasteiger partial charge in [0, 0.05) is 57.4 Å². The summed E-state index contributed by atoms with van der Waals surface area (Å²) in [4.78, 5) is 38.2. The van der Waals surface area contributed by atoms with E-state index < -0.39 is 17.9 Å². The zero-order valence-corrected chi connectivity index (χ0v) is 20.0. The van der Waals surface area contributed by atoms with E-state index in [4.69, 9.17) is 35.4 Å². The molecule has 182 valence electrons. The number of unbranched alkanes of at least 4 members (excludes halogenated alkanes) is 8. The summed E-state index contributed by atoms with van der Waals surface area (Å²) in [7, 11) is 0. The molecule has 0 unspecified atom stereocenters. The molecule has 0 atom stereocenters. The number of hydrogen-bond donors (Lipinski definition) is 5. The number of rotatable bonds is 12. The first-order valence-corrected chi connectivity index (χ1v) is 10.1. The molecule has 1 amide bonds. The van der Waals surface area contributed by atoms with E-state index in [1.807, 2.05) is 0 Å². The van der Waals surface area contributed by atoms with E-state index in [0.29, 0.717) is 19.5 Å². The molecule has 0 aromatic carbocycles. The molecule has 0 saturated heterocycles. The molecule has 0 rings (SSSR count). The van der Waals surface area contributed by atoms with Crippen molar-refractivity contribution in [1.29, 1.82) is 0 Å². The summed E-state index contributed by atoms with van der Waals surface area (Å²) in [5.74, 6) is -2.35. The largest absolute Gasteiger partial charge is 0.481 e. The fraction of sp³-hybridized carbons (Fsp3) is 0.800. The van der Waals surface area contributed by atoms with Gasteiger partial charge in [0.2, 0.25) is 5.91 Å². The third-order valence-corrected chi connectivity index (χ3v) is 2.97. The first kappa shape index (κ1) is 38.9. The number of aliphatic carboxylic acids is 3. The average molecular weight is 478 g/mol. The summed E-state index contributed by atoms with van der Waals surface area (Å²) in [5.41, 5.74) is 5.31. The van der Waals surface area contributed by atoms with E-state index >= 15 is 0 Å². The van der Waals surface area contributed by atoms with Crippen LogP contribution in [-0.4, -0.2) is 52.2 Å². The van der Waals surface area contributed by atoms with Crippen molar-refractivity contribution in [2.24, 2.45) is 5.73 Å². The van der Waals surface area contributed by atoms with Crippen molar-refractivity contribution < 1.29 is 51.6 Å². The fourth-order valence-corrected chi connectivity index (χ4v) is 1.90. The number of hydrogen-bond acceptors (Lipinski definition) is 5. The Bertz CT molecular complexity index is 368. The topological polar surface area (TPSA) is 167 Å². The minimum absolute atomic E-state index is 0. The standard InChI is InChI=1S/C14H30N2O.3C2H4O2.Fe/c1-2-3-4-5-6-7-8-9-10-11-14(17)16-13-12-15;3*1-2(3)4;/h2-13,15H2,1H3,(H,16,17);3*1H3,(H,3,4);. The summed E-state index contributed by atoms with van der Waals surface area (Å²) in [6.45, 7) is 6.63. The maximum atomic E-state index is 11.2. The third kappa shape index (κ3) is 95.0. The van der Waals surface area contributed by atoms with E-state index in [9.17, 15) is 4.79 Å². The van der Waals surface area contributed by atoms with Crippen LogP contribution < -0.4 is 11.1 Å². The van der Waals surface area contributed by atoms with Gasteiger partial charge in [0.25, 0.3) is 17.9 Å². The molecule has 0 aromatic heterocycles. The van der Waals surface area contributed by atoms with Crippen LogP contribution in [0.1, 0.15) is 91.9 Å². The summed E-state index contributed by atoms with van der Waals surface area (Å²) in [6.07, 6.45) is 12.3. The first-order chi connectivity index (χ1) is 13.5. The number of carbonyl (C=O) groups is 4. The quantitative estimate of drug-likeness (QED) is 0.210. The van der Waals surface area contributed by atoms with Crippen molar-refractivity contribution in [3.05, 3.63) is 0 Å². The van der Waals surface area contributed by atoms with E-state index in [-0.39, 0.29) is 23.0 Å². The Labute approximate surface area is 191 Å². The summed E-state index contributed by atoms with van der Waals surface area (Å²) >= 11 is 0. The van der Waals surface area contributed by atoms with Gasteiger partial charge in [0.15, 0.2) is 0 Å². The number of carboxylic acids is 3. The second-order valence-corrected chi connectivity index (χ2v) is 6.27. The van der Waals surface area contributed by atoms with E-state index in [2.05, 4.69) is 12.2 Å². The monoisotopic (exact) mass is 478 g/mol. The zero-order valence-electron chi connectivity index (χ0n) is 18.9. The summed E-state index contributed by atoms with van der Waals surface area (Å²) in [6, 6.07) is 0. The van der Waals surface area contributed by atoms with Crippen molar-refractivity contribution in [3.63, 3.8) is 0 Å². The number of carboxylic acid groups (broad SMARTS) is 3.